The summed E-state index contributed by atoms with van der Waals surface area (Å²) in [5.74, 6) is -0.729. The third-order valence-electron chi connectivity index (χ3n) is 2.56. The molecule has 1 aliphatic heterocycles. The highest BCUT2D eigenvalue weighted by molar-refractivity contribution is 5.73. The van der Waals surface area contributed by atoms with E-state index in [2.05, 4.69) is 0 Å². The van der Waals surface area contributed by atoms with Gasteiger partial charge in [0.2, 0.25) is 0 Å². The van der Waals surface area contributed by atoms with E-state index in [1.807, 2.05) is 4.90 Å². The van der Waals surface area contributed by atoms with E-state index < -0.39 is 5.97 Å². The Hall–Kier alpha value is -0.610. The van der Waals surface area contributed by atoms with Gasteiger partial charge in [-0.1, -0.05) is 6.42 Å². The fourth-order valence-corrected chi connectivity index (χ4v) is 1.85. The maximum Gasteiger partial charge on any atom is 0.320 e. The molecule has 0 spiro atoms. The molecule has 0 radical (unpaired) electrons. The first-order valence-electron chi connectivity index (χ1n) is 4.92. The van der Waals surface area contributed by atoms with Crippen molar-refractivity contribution in [2.45, 2.75) is 31.7 Å². The Bertz CT molecular complexity index is 167. The van der Waals surface area contributed by atoms with Gasteiger partial charge in [0.1, 0.15) is 6.04 Å². The van der Waals surface area contributed by atoms with Gasteiger partial charge in [-0.3, -0.25) is 9.69 Å². The van der Waals surface area contributed by atoms with Crippen molar-refractivity contribution in [3.8, 4) is 0 Å². The third kappa shape index (κ3) is 2.97. The van der Waals surface area contributed by atoms with Gasteiger partial charge in [-0.15, -0.1) is 0 Å². The van der Waals surface area contributed by atoms with Crippen LogP contribution in [0.25, 0.3) is 0 Å². The Morgan fingerprint density at radius 2 is 2.00 bits per heavy atom. The van der Waals surface area contributed by atoms with Gasteiger partial charge in [0.25, 0.3) is 0 Å². The molecule has 13 heavy (non-hydrogen) atoms. The summed E-state index contributed by atoms with van der Waals surface area (Å²) in [6.45, 7) is 2.28. The van der Waals surface area contributed by atoms with Crippen LogP contribution in [0.3, 0.4) is 0 Å². The number of aliphatic carboxylic acids is 1. The fourth-order valence-electron chi connectivity index (χ4n) is 1.85. The minimum atomic E-state index is -0.729. The molecule has 0 bridgehead atoms. The number of piperidine rings is 1. The van der Waals surface area contributed by atoms with Crippen LogP contribution in [0.2, 0.25) is 0 Å². The van der Waals surface area contributed by atoms with Crippen molar-refractivity contribution in [1.82, 2.24) is 4.90 Å². The molecule has 0 amide bonds. The van der Waals surface area contributed by atoms with Crippen LogP contribution >= 0.6 is 0 Å². The quantitative estimate of drug-likeness (QED) is 0.661. The summed E-state index contributed by atoms with van der Waals surface area (Å²) >= 11 is 0. The number of nitrogens with two attached hydrogens (primary N) is 1. The molecule has 1 fully saturated rings. The van der Waals surface area contributed by atoms with Crippen molar-refractivity contribution in [1.29, 1.82) is 0 Å². The van der Waals surface area contributed by atoms with E-state index in [4.69, 9.17) is 10.8 Å². The van der Waals surface area contributed by atoms with Gasteiger partial charge in [-0.2, -0.15) is 0 Å². The van der Waals surface area contributed by atoms with E-state index in [-0.39, 0.29) is 6.04 Å². The van der Waals surface area contributed by atoms with Gasteiger partial charge in [-0.25, -0.2) is 0 Å². The highest BCUT2D eigenvalue weighted by atomic mass is 16.4. The van der Waals surface area contributed by atoms with Gasteiger partial charge < -0.3 is 10.8 Å². The van der Waals surface area contributed by atoms with Crippen LogP contribution in [0.1, 0.15) is 25.7 Å². The second-order valence-electron chi connectivity index (χ2n) is 3.53. The minimum Gasteiger partial charge on any atom is -0.480 e. The van der Waals surface area contributed by atoms with Crippen molar-refractivity contribution in [2.75, 3.05) is 19.6 Å². The summed E-state index contributed by atoms with van der Waals surface area (Å²) in [5, 5.41) is 8.96. The monoisotopic (exact) mass is 186 g/mol. The lowest BCUT2D eigenvalue weighted by molar-refractivity contribution is -0.143. The van der Waals surface area contributed by atoms with E-state index in [1.54, 1.807) is 0 Å². The highest BCUT2D eigenvalue weighted by Crippen LogP contribution is 2.13. The molecule has 1 saturated heterocycles. The molecule has 76 valence electrons. The molecule has 4 nitrogen and oxygen atoms in total. The summed E-state index contributed by atoms with van der Waals surface area (Å²) < 4.78 is 0. The number of carboxylic acids is 1. The molecule has 1 rings (SSSR count). The van der Waals surface area contributed by atoms with Crippen LogP contribution in [0.15, 0.2) is 0 Å². The smallest absolute Gasteiger partial charge is 0.320 e. The van der Waals surface area contributed by atoms with Crippen LogP contribution in [-0.4, -0.2) is 41.7 Å². The number of likely N-dealkylation sites (tertiary alicyclic amines) is 1. The first-order chi connectivity index (χ1) is 6.25. The van der Waals surface area contributed by atoms with E-state index in [0.717, 1.165) is 25.9 Å². The number of rotatable bonds is 4. The Morgan fingerprint density at radius 1 is 1.38 bits per heavy atom. The summed E-state index contributed by atoms with van der Waals surface area (Å²) in [6, 6.07) is -0.356. The largest absolute Gasteiger partial charge is 0.480 e. The molecule has 1 heterocycles. The Kier molecular flexibility index (Phi) is 4.18. The molecule has 1 atom stereocenters. The number of nitrogens with zero attached hydrogens (tertiary/aromatic N) is 1. The van der Waals surface area contributed by atoms with Gasteiger partial charge in [-0.05, 0) is 38.9 Å². The average Bonchev–Trinajstić information content (AvgIpc) is 2.15. The van der Waals surface area contributed by atoms with Crippen molar-refractivity contribution in [3.05, 3.63) is 0 Å². The Morgan fingerprint density at radius 3 is 2.46 bits per heavy atom. The van der Waals surface area contributed by atoms with E-state index in [0.29, 0.717) is 13.0 Å². The van der Waals surface area contributed by atoms with Crippen LogP contribution in [0, 0.1) is 0 Å². The van der Waals surface area contributed by atoms with Crippen molar-refractivity contribution in [3.63, 3.8) is 0 Å². The molecule has 3 N–H and O–H groups in total. The lowest BCUT2D eigenvalue weighted by Gasteiger charge is -2.31. The first-order valence-corrected chi connectivity index (χ1v) is 4.92. The number of hydrogen-bond donors (Lipinski definition) is 2. The van der Waals surface area contributed by atoms with Crippen LogP contribution in [-0.2, 0) is 4.79 Å². The normalized spacial score (nSPS) is 21.3. The zero-order chi connectivity index (χ0) is 9.68. The molecular weight excluding hydrogens is 168 g/mol. The summed E-state index contributed by atoms with van der Waals surface area (Å²) in [6.07, 6.45) is 4.03. The first kappa shape index (κ1) is 10.5. The molecule has 0 aromatic heterocycles. The Balaban J connectivity index is 2.46. The maximum atomic E-state index is 10.9. The molecule has 1 aliphatic rings. The molecule has 0 aromatic carbocycles. The second kappa shape index (κ2) is 5.19. The molecule has 0 saturated carbocycles. The standard InChI is InChI=1S/C9H18N2O2/c10-5-4-8(9(12)13)11-6-2-1-3-7-11/h8H,1-7,10H2,(H,12,13). The average molecular weight is 186 g/mol. The van der Waals surface area contributed by atoms with E-state index in [1.165, 1.54) is 6.42 Å². The number of hydrogen-bond acceptors (Lipinski definition) is 3. The second-order valence-corrected chi connectivity index (χ2v) is 3.53. The lowest BCUT2D eigenvalue weighted by atomic mass is 10.1. The fraction of sp³-hybridized carbons (Fsp3) is 0.889. The summed E-state index contributed by atoms with van der Waals surface area (Å²) in [7, 11) is 0. The lowest BCUT2D eigenvalue weighted by Crippen LogP contribution is -2.45. The van der Waals surface area contributed by atoms with Gasteiger partial charge in [0, 0.05) is 0 Å². The van der Waals surface area contributed by atoms with E-state index >= 15 is 0 Å². The van der Waals surface area contributed by atoms with Gasteiger partial charge in [0.15, 0.2) is 0 Å². The molecule has 0 aliphatic carbocycles. The van der Waals surface area contributed by atoms with Crippen LogP contribution in [0.4, 0.5) is 0 Å². The van der Waals surface area contributed by atoms with Crippen molar-refractivity contribution < 1.29 is 9.90 Å². The summed E-state index contributed by atoms with van der Waals surface area (Å²) in [4.78, 5) is 12.9. The van der Waals surface area contributed by atoms with Crippen LogP contribution < -0.4 is 5.73 Å². The van der Waals surface area contributed by atoms with Crippen molar-refractivity contribution in [2.24, 2.45) is 5.73 Å². The van der Waals surface area contributed by atoms with Crippen molar-refractivity contribution >= 4 is 5.97 Å². The third-order valence-corrected chi connectivity index (χ3v) is 2.56. The predicted molar refractivity (Wildman–Crippen MR) is 50.5 cm³/mol. The Labute approximate surface area is 78.7 Å². The van der Waals surface area contributed by atoms with Gasteiger partial charge >= 0.3 is 5.97 Å². The number of carboxylic acid groups (broad SMARTS) is 1. The summed E-state index contributed by atoms with van der Waals surface area (Å²) in [5.41, 5.74) is 5.38. The van der Waals surface area contributed by atoms with E-state index in [9.17, 15) is 4.79 Å². The minimum absolute atomic E-state index is 0.356. The molecule has 1 unspecified atom stereocenters. The van der Waals surface area contributed by atoms with Gasteiger partial charge in [0.05, 0.1) is 0 Å². The molecule has 0 aromatic rings. The predicted octanol–water partition coefficient (Wildman–Crippen LogP) is 0.274. The maximum absolute atomic E-state index is 10.9. The molecule has 4 heteroatoms. The zero-order valence-electron chi connectivity index (χ0n) is 7.91. The highest BCUT2D eigenvalue weighted by Gasteiger charge is 2.25. The topological polar surface area (TPSA) is 66.6 Å². The number of carbonyl (C=O) groups is 1. The molecular formula is C9H18N2O2. The zero-order valence-corrected chi connectivity index (χ0v) is 7.91. The van der Waals surface area contributed by atoms with Crippen LogP contribution in [0.5, 0.6) is 0 Å². The SMILES string of the molecule is NCCC(C(=O)O)N1CCCCC1.